The van der Waals surface area contributed by atoms with Crippen molar-refractivity contribution in [1.82, 2.24) is 10.2 Å². The number of carbonyl (C=O) groups excluding carboxylic acids is 2. The topological polar surface area (TPSA) is 95.9 Å². The normalized spacial score (nSPS) is 17.9. The lowest BCUT2D eigenvalue weighted by Crippen LogP contribution is -2.52. The number of carboxylic acid groups (broad SMARTS) is 1. The van der Waals surface area contributed by atoms with E-state index in [4.69, 9.17) is 4.74 Å². The van der Waals surface area contributed by atoms with Gasteiger partial charge in [0.05, 0.1) is 13.2 Å². The monoisotopic (exact) mass is 320 g/mol. The highest BCUT2D eigenvalue weighted by Gasteiger charge is 2.33. The molecule has 7 heteroatoms. The van der Waals surface area contributed by atoms with Gasteiger partial charge in [0.2, 0.25) is 0 Å². The highest BCUT2D eigenvalue weighted by atomic mass is 16.5. The molecule has 1 fully saturated rings. The van der Waals surface area contributed by atoms with Crippen LogP contribution < -0.4 is 5.32 Å². The van der Waals surface area contributed by atoms with Crippen LogP contribution in [0.5, 0.6) is 0 Å². The minimum atomic E-state index is -1.09. The molecule has 0 bridgehead atoms. The van der Waals surface area contributed by atoms with Gasteiger partial charge in [-0.2, -0.15) is 0 Å². The zero-order valence-electron chi connectivity index (χ0n) is 13.1. The first-order valence-corrected chi connectivity index (χ1v) is 7.42. The number of ether oxygens (including phenoxy) is 1. The lowest BCUT2D eigenvalue weighted by atomic mass is 10.1. The smallest absolute Gasteiger partial charge is 0.328 e. The van der Waals surface area contributed by atoms with Gasteiger partial charge in [-0.25, -0.2) is 4.79 Å². The fourth-order valence-electron chi connectivity index (χ4n) is 2.33. The van der Waals surface area contributed by atoms with Crippen molar-refractivity contribution >= 4 is 17.8 Å². The second-order valence-electron chi connectivity index (χ2n) is 5.63. The summed E-state index contributed by atoms with van der Waals surface area (Å²) >= 11 is 0. The average Bonchev–Trinajstić information content (AvgIpc) is 2.53. The quantitative estimate of drug-likeness (QED) is 0.853. The zero-order chi connectivity index (χ0) is 17.0. The van der Waals surface area contributed by atoms with Crippen molar-refractivity contribution in [3.05, 3.63) is 35.4 Å². The minimum Gasteiger partial charge on any atom is -0.480 e. The van der Waals surface area contributed by atoms with Crippen LogP contribution in [0.1, 0.15) is 34.6 Å². The van der Waals surface area contributed by atoms with Crippen molar-refractivity contribution in [2.24, 2.45) is 0 Å². The summed E-state index contributed by atoms with van der Waals surface area (Å²) in [7, 11) is 0. The molecule has 23 heavy (non-hydrogen) atoms. The number of benzene rings is 1. The number of carbonyl (C=O) groups is 3. The highest BCUT2D eigenvalue weighted by Crippen LogP contribution is 2.14. The first kappa shape index (κ1) is 17.0. The number of amides is 2. The van der Waals surface area contributed by atoms with E-state index in [9.17, 15) is 19.5 Å². The molecule has 0 aliphatic carbocycles. The van der Waals surface area contributed by atoms with Crippen LogP contribution in [0.25, 0.3) is 0 Å². The van der Waals surface area contributed by atoms with Crippen molar-refractivity contribution in [3.8, 4) is 0 Å². The molecule has 0 radical (unpaired) electrons. The molecule has 1 aliphatic heterocycles. The van der Waals surface area contributed by atoms with Crippen LogP contribution in [0.2, 0.25) is 0 Å². The van der Waals surface area contributed by atoms with E-state index >= 15 is 0 Å². The van der Waals surface area contributed by atoms with Gasteiger partial charge in [-0.1, -0.05) is 0 Å². The predicted molar refractivity (Wildman–Crippen MR) is 82.3 cm³/mol. The molecule has 0 aromatic heterocycles. The summed E-state index contributed by atoms with van der Waals surface area (Å²) in [5, 5.41) is 11.9. The van der Waals surface area contributed by atoms with E-state index in [0.29, 0.717) is 17.7 Å². The molecule has 7 nitrogen and oxygen atoms in total. The molecule has 1 aromatic rings. The molecule has 2 amide bonds. The number of aliphatic carboxylic acids is 1. The van der Waals surface area contributed by atoms with Crippen molar-refractivity contribution in [1.29, 1.82) is 0 Å². The molecule has 2 rings (SSSR count). The maximum atomic E-state index is 12.5. The van der Waals surface area contributed by atoms with E-state index in [1.165, 1.54) is 17.0 Å². The zero-order valence-corrected chi connectivity index (χ0v) is 13.1. The van der Waals surface area contributed by atoms with E-state index in [-0.39, 0.29) is 31.0 Å². The van der Waals surface area contributed by atoms with Gasteiger partial charge >= 0.3 is 5.97 Å². The third-order valence-corrected chi connectivity index (χ3v) is 3.49. The number of nitrogens with zero attached hydrogens (tertiary/aromatic N) is 1. The van der Waals surface area contributed by atoms with Gasteiger partial charge < -0.3 is 20.1 Å². The van der Waals surface area contributed by atoms with Crippen molar-refractivity contribution in [3.63, 3.8) is 0 Å². The van der Waals surface area contributed by atoms with Crippen LogP contribution in [0, 0.1) is 0 Å². The molecular weight excluding hydrogens is 300 g/mol. The molecular formula is C16H20N2O5. The van der Waals surface area contributed by atoms with Gasteiger partial charge in [-0.05, 0) is 38.1 Å². The summed E-state index contributed by atoms with van der Waals surface area (Å²) in [6.07, 6.45) is 0. The van der Waals surface area contributed by atoms with Crippen LogP contribution in [-0.4, -0.2) is 59.6 Å². The molecule has 1 aliphatic rings. The number of carboxylic acids is 1. The Balaban J connectivity index is 2.13. The maximum Gasteiger partial charge on any atom is 0.328 e. The Morgan fingerprint density at radius 1 is 1.22 bits per heavy atom. The Kier molecular flexibility index (Phi) is 5.33. The maximum absolute atomic E-state index is 12.5. The average molecular weight is 320 g/mol. The lowest BCUT2D eigenvalue weighted by molar-refractivity contribution is -0.147. The highest BCUT2D eigenvalue weighted by molar-refractivity contribution is 5.99. The Morgan fingerprint density at radius 3 is 2.39 bits per heavy atom. The number of nitrogens with one attached hydrogen (secondary N) is 1. The minimum absolute atomic E-state index is 0.0179. The van der Waals surface area contributed by atoms with Crippen molar-refractivity contribution < 1.29 is 24.2 Å². The van der Waals surface area contributed by atoms with Crippen LogP contribution >= 0.6 is 0 Å². The van der Waals surface area contributed by atoms with E-state index in [1.807, 2.05) is 13.8 Å². The Bertz CT molecular complexity index is 597. The third kappa shape index (κ3) is 4.07. The number of hydrogen-bond donors (Lipinski definition) is 2. The van der Waals surface area contributed by atoms with Gasteiger partial charge in [0.1, 0.15) is 0 Å². The Hall–Kier alpha value is -2.41. The standard InChI is InChI=1S/C16H20N2O5/c1-10(2)17-14(19)11-3-5-12(6-4-11)15(20)18-7-8-23-9-13(18)16(21)22/h3-6,10,13H,7-9H2,1-2H3,(H,17,19)(H,21,22). The lowest BCUT2D eigenvalue weighted by Gasteiger charge is -2.32. The third-order valence-electron chi connectivity index (χ3n) is 3.49. The molecule has 124 valence electrons. The molecule has 0 saturated carbocycles. The van der Waals surface area contributed by atoms with Crippen molar-refractivity contribution in [2.45, 2.75) is 25.9 Å². The Labute approximate surface area is 134 Å². The summed E-state index contributed by atoms with van der Waals surface area (Å²) in [6, 6.07) is 5.22. The van der Waals surface area contributed by atoms with Crippen LogP contribution in [0.3, 0.4) is 0 Å². The van der Waals surface area contributed by atoms with Gasteiger partial charge in [-0.15, -0.1) is 0 Å². The van der Waals surface area contributed by atoms with Gasteiger partial charge in [0.25, 0.3) is 11.8 Å². The fraction of sp³-hybridized carbons (Fsp3) is 0.438. The van der Waals surface area contributed by atoms with E-state index < -0.39 is 12.0 Å². The number of morpholine rings is 1. The first-order chi connectivity index (χ1) is 10.9. The molecule has 0 spiro atoms. The van der Waals surface area contributed by atoms with Crippen LogP contribution in [0.15, 0.2) is 24.3 Å². The van der Waals surface area contributed by atoms with Gasteiger partial charge in [0, 0.05) is 23.7 Å². The fourth-order valence-corrected chi connectivity index (χ4v) is 2.33. The van der Waals surface area contributed by atoms with E-state index in [1.54, 1.807) is 12.1 Å². The first-order valence-electron chi connectivity index (χ1n) is 7.42. The largest absolute Gasteiger partial charge is 0.480 e. The van der Waals surface area contributed by atoms with Gasteiger partial charge in [-0.3, -0.25) is 9.59 Å². The van der Waals surface area contributed by atoms with Gasteiger partial charge in [0.15, 0.2) is 6.04 Å². The van der Waals surface area contributed by atoms with Crippen LogP contribution in [0.4, 0.5) is 0 Å². The molecule has 1 unspecified atom stereocenters. The Morgan fingerprint density at radius 2 is 1.83 bits per heavy atom. The van der Waals surface area contributed by atoms with E-state index in [2.05, 4.69) is 5.32 Å². The molecule has 1 aromatic carbocycles. The van der Waals surface area contributed by atoms with E-state index in [0.717, 1.165) is 0 Å². The molecule has 1 heterocycles. The second-order valence-corrected chi connectivity index (χ2v) is 5.63. The molecule has 1 atom stereocenters. The second kappa shape index (κ2) is 7.23. The number of hydrogen-bond acceptors (Lipinski definition) is 4. The summed E-state index contributed by atoms with van der Waals surface area (Å²) in [5.74, 6) is -1.68. The summed E-state index contributed by atoms with van der Waals surface area (Å²) in [5.41, 5.74) is 0.797. The van der Waals surface area contributed by atoms with Crippen LogP contribution in [-0.2, 0) is 9.53 Å². The van der Waals surface area contributed by atoms with Crippen molar-refractivity contribution in [2.75, 3.05) is 19.8 Å². The summed E-state index contributed by atoms with van der Waals surface area (Å²) in [4.78, 5) is 36.9. The number of rotatable bonds is 4. The predicted octanol–water partition coefficient (Wildman–Crippen LogP) is 0.750. The summed E-state index contributed by atoms with van der Waals surface area (Å²) in [6.45, 7) is 4.24. The SMILES string of the molecule is CC(C)NC(=O)c1ccc(C(=O)N2CCOCC2C(=O)O)cc1. The molecule has 1 saturated heterocycles. The summed E-state index contributed by atoms with van der Waals surface area (Å²) < 4.78 is 5.12. The molecule has 2 N–H and O–H groups in total.